The molecule has 0 saturated carbocycles. The van der Waals surface area contributed by atoms with Gasteiger partial charge < -0.3 is 5.11 Å². The van der Waals surface area contributed by atoms with E-state index >= 15 is 0 Å². The lowest BCUT2D eigenvalue weighted by Crippen LogP contribution is -2.45. The topological polar surface area (TPSA) is 53.4 Å². The van der Waals surface area contributed by atoms with Crippen molar-refractivity contribution in [2.75, 3.05) is 0 Å². The summed E-state index contributed by atoms with van der Waals surface area (Å²) in [6, 6.07) is 9.30. The number of fused-ring (bicyclic) bond motifs is 1. The van der Waals surface area contributed by atoms with E-state index in [-0.39, 0.29) is 0 Å². The van der Waals surface area contributed by atoms with Gasteiger partial charge in [0.1, 0.15) is 6.04 Å². The number of carbonyl (C=O) groups is 1. The van der Waals surface area contributed by atoms with Gasteiger partial charge in [-0.3, -0.25) is 14.7 Å². The Hall–Kier alpha value is -1.91. The van der Waals surface area contributed by atoms with Crippen molar-refractivity contribution < 1.29 is 9.90 Å². The van der Waals surface area contributed by atoms with E-state index in [0.717, 1.165) is 11.1 Å². The van der Waals surface area contributed by atoms with E-state index in [1.54, 1.807) is 12.4 Å². The number of benzene rings is 1. The zero-order chi connectivity index (χ0) is 14.8. The molecule has 0 bridgehead atoms. The number of carboxylic acid groups (broad SMARTS) is 1. The van der Waals surface area contributed by atoms with Crippen molar-refractivity contribution in [3.63, 3.8) is 0 Å². The molecule has 0 fully saturated rings. The van der Waals surface area contributed by atoms with Gasteiger partial charge >= 0.3 is 5.97 Å². The van der Waals surface area contributed by atoms with Crippen LogP contribution in [0.25, 0.3) is 0 Å². The average molecular weight is 303 g/mol. The van der Waals surface area contributed by atoms with Crippen LogP contribution in [0.3, 0.4) is 0 Å². The monoisotopic (exact) mass is 302 g/mol. The first-order valence-corrected chi connectivity index (χ1v) is 7.15. The maximum absolute atomic E-state index is 11.6. The molecule has 1 aromatic heterocycles. The number of pyridine rings is 1. The van der Waals surface area contributed by atoms with Crippen LogP contribution >= 0.6 is 11.6 Å². The Kier molecular flexibility index (Phi) is 3.90. The molecule has 3 rings (SSSR count). The maximum atomic E-state index is 11.6. The summed E-state index contributed by atoms with van der Waals surface area (Å²) in [7, 11) is 0. The SMILES string of the molecule is O=C(O)C1Cc2ccccc2CN1Cc1ccncc1Cl. The van der Waals surface area contributed by atoms with Crippen LogP contribution in [0.2, 0.25) is 5.02 Å². The first kappa shape index (κ1) is 14.0. The molecule has 0 aliphatic carbocycles. The summed E-state index contributed by atoms with van der Waals surface area (Å²) in [5, 5.41) is 10.1. The second-order valence-corrected chi connectivity index (χ2v) is 5.61. The number of nitrogens with zero attached hydrogens (tertiary/aromatic N) is 2. The summed E-state index contributed by atoms with van der Waals surface area (Å²) in [6.45, 7) is 1.12. The van der Waals surface area contributed by atoms with Crippen molar-refractivity contribution in [2.24, 2.45) is 0 Å². The highest BCUT2D eigenvalue weighted by Gasteiger charge is 2.31. The van der Waals surface area contributed by atoms with Crippen molar-refractivity contribution in [1.29, 1.82) is 0 Å². The molecule has 0 amide bonds. The quantitative estimate of drug-likeness (QED) is 0.947. The lowest BCUT2D eigenvalue weighted by atomic mass is 9.93. The van der Waals surface area contributed by atoms with Gasteiger partial charge in [-0.05, 0) is 29.2 Å². The highest BCUT2D eigenvalue weighted by atomic mass is 35.5. The molecule has 1 aliphatic heterocycles. The number of halogens is 1. The zero-order valence-electron chi connectivity index (χ0n) is 11.4. The third-order valence-corrected chi connectivity index (χ3v) is 4.20. The van der Waals surface area contributed by atoms with Gasteiger partial charge in [-0.25, -0.2) is 0 Å². The Morgan fingerprint density at radius 2 is 2.10 bits per heavy atom. The van der Waals surface area contributed by atoms with E-state index in [0.29, 0.717) is 24.5 Å². The minimum Gasteiger partial charge on any atom is -0.480 e. The van der Waals surface area contributed by atoms with Crippen LogP contribution in [0.1, 0.15) is 16.7 Å². The molecular formula is C16H15ClN2O2. The number of aliphatic carboxylic acids is 1. The van der Waals surface area contributed by atoms with E-state index in [1.807, 2.05) is 29.2 Å². The van der Waals surface area contributed by atoms with Gasteiger partial charge in [0.25, 0.3) is 0 Å². The molecule has 0 saturated heterocycles. The lowest BCUT2D eigenvalue weighted by Gasteiger charge is -2.34. The van der Waals surface area contributed by atoms with Crippen LogP contribution in [0, 0.1) is 0 Å². The largest absolute Gasteiger partial charge is 0.480 e. The zero-order valence-corrected chi connectivity index (χ0v) is 12.1. The van der Waals surface area contributed by atoms with Gasteiger partial charge in [0, 0.05) is 25.5 Å². The van der Waals surface area contributed by atoms with Crippen LogP contribution in [0.15, 0.2) is 42.7 Å². The molecule has 21 heavy (non-hydrogen) atoms. The number of rotatable bonds is 3. The summed E-state index contributed by atoms with van der Waals surface area (Å²) in [5.74, 6) is -0.797. The Morgan fingerprint density at radius 3 is 2.81 bits per heavy atom. The number of aromatic nitrogens is 1. The molecule has 1 N–H and O–H groups in total. The minimum atomic E-state index is -0.797. The molecule has 1 unspecified atom stereocenters. The first-order valence-electron chi connectivity index (χ1n) is 6.77. The second-order valence-electron chi connectivity index (χ2n) is 5.20. The minimum absolute atomic E-state index is 0.507. The fourth-order valence-corrected chi connectivity index (χ4v) is 2.92. The summed E-state index contributed by atoms with van der Waals surface area (Å²) in [4.78, 5) is 17.5. The standard InChI is InChI=1S/C16H15ClN2O2/c17-14-8-18-6-5-13(14)10-19-9-12-4-2-1-3-11(12)7-15(19)16(20)21/h1-6,8,15H,7,9-10H2,(H,20,21). The molecule has 0 spiro atoms. The van der Waals surface area contributed by atoms with E-state index in [2.05, 4.69) is 11.1 Å². The number of carboxylic acids is 1. The van der Waals surface area contributed by atoms with E-state index < -0.39 is 12.0 Å². The molecule has 108 valence electrons. The second kappa shape index (κ2) is 5.84. The molecule has 0 radical (unpaired) electrons. The van der Waals surface area contributed by atoms with E-state index in [4.69, 9.17) is 11.6 Å². The van der Waals surface area contributed by atoms with Gasteiger partial charge in [0.15, 0.2) is 0 Å². The van der Waals surface area contributed by atoms with Crippen LogP contribution in [0.5, 0.6) is 0 Å². The molecule has 1 aliphatic rings. The molecule has 2 aromatic rings. The Bertz CT molecular complexity index is 675. The molecule has 1 atom stereocenters. The Balaban J connectivity index is 1.89. The maximum Gasteiger partial charge on any atom is 0.321 e. The summed E-state index contributed by atoms with van der Waals surface area (Å²) < 4.78 is 0. The van der Waals surface area contributed by atoms with Gasteiger partial charge in [0.05, 0.1) is 5.02 Å². The van der Waals surface area contributed by atoms with Crippen LogP contribution < -0.4 is 0 Å². The average Bonchev–Trinajstić information content (AvgIpc) is 2.48. The summed E-state index contributed by atoms with van der Waals surface area (Å²) in [5.41, 5.74) is 3.19. The van der Waals surface area contributed by atoms with Crippen molar-refractivity contribution >= 4 is 17.6 Å². The highest BCUT2D eigenvalue weighted by Crippen LogP contribution is 2.26. The number of hydrogen-bond acceptors (Lipinski definition) is 3. The fraction of sp³-hybridized carbons (Fsp3) is 0.250. The molecule has 5 heteroatoms. The van der Waals surface area contributed by atoms with Crippen LogP contribution in [-0.4, -0.2) is 27.0 Å². The Morgan fingerprint density at radius 1 is 1.33 bits per heavy atom. The van der Waals surface area contributed by atoms with Crippen molar-refractivity contribution in [3.05, 3.63) is 64.4 Å². The molecule has 2 heterocycles. The predicted molar refractivity (Wildman–Crippen MR) is 80.1 cm³/mol. The van der Waals surface area contributed by atoms with Crippen molar-refractivity contribution in [3.8, 4) is 0 Å². The van der Waals surface area contributed by atoms with E-state index in [1.165, 1.54) is 5.56 Å². The van der Waals surface area contributed by atoms with Gasteiger partial charge in [-0.1, -0.05) is 35.9 Å². The van der Waals surface area contributed by atoms with Crippen molar-refractivity contribution in [1.82, 2.24) is 9.88 Å². The van der Waals surface area contributed by atoms with Gasteiger partial charge in [0.2, 0.25) is 0 Å². The smallest absolute Gasteiger partial charge is 0.321 e. The fourth-order valence-electron chi connectivity index (χ4n) is 2.74. The predicted octanol–water partition coefficient (Wildman–Crippen LogP) is 2.75. The Labute approximate surface area is 128 Å². The summed E-state index contributed by atoms with van der Waals surface area (Å²) >= 11 is 6.13. The van der Waals surface area contributed by atoms with Crippen LogP contribution in [-0.2, 0) is 24.3 Å². The van der Waals surface area contributed by atoms with E-state index in [9.17, 15) is 9.90 Å². The van der Waals surface area contributed by atoms with Gasteiger partial charge in [-0.2, -0.15) is 0 Å². The van der Waals surface area contributed by atoms with Gasteiger partial charge in [-0.15, -0.1) is 0 Å². The molecule has 4 nitrogen and oxygen atoms in total. The third kappa shape index (κ3) is 2.91. The molecular weight excluding hydrogens is 288 g/mol. The third-order valence-electron chi connectivity index (χ3n) is 3.86. The lowest BCUT2D eigenvalue weighted by molar-refractivity contribution is -0.144. The first-order chi connectivity index (χ1) is 10.1. The van der Waals surface area contributed by atoms with Crippen molar-refractivity contribution in [2.45, 2.75) is 25.6 Å². The summed E-state index contributed by atoms with van der Waals surface area (Å²) in [6.07, 6.45) is 3.79. The molecule has 1 aromatic carbocycles. The normalized spacial score (nSPS) is 18.2. The van der Waals surface area contributed by atoms with Crippen LogP contribution in [0.4, 0.5) is 0 Å². The number of hydrogen-bond donors (Lipinski definition) is 1. The highest BCUT2D eigenvalue weighted by molar-refractivity contribution is 6.31.